The maximum atomic E-state index is 12.4. The molecule has 2 aliphatic heterocycles. The summed E-state index contributed by atoms with van der Waals surface area (Å²) in [5, 5.41) is 4.80. The summed E-state index contributed by atoms with van der Waals surface area (Å²) in [5.74, 6) is 0.0334. The van der Waals surface area contributed by atoms with E-state index in [-0.39, 0.29) is 5.91 Å². The number of carbonyl (C=O) groups is 1. The Labute approximate surface area is 148 Å². The fourth-order valence-corrected chi connectivity index (χ4v) is 3.56. The molecule has 2 saturated heterocycles. The van der Waals surface area contributed by atoms with Gasteiger partial charge in [0, 0.05) is 58.0 Å². The second-order valence-corrected chi connectivity index (χ2v) is 6.87. The van der Waals surface area contributed by atoms with E-state index in [1.54, 1.807) is 23.9 Å². The number of amides is 1. The number of hydrogen-bond donors (Lipinski definition) is 0. The minimum Gasteiger partial charge on any atom is -0.377 e. The van der Waals surface area contributed by atoms with Crippen molar-refractivity contribution in [3.63, 3.8) is 0 Å². The number of aryl methyl sites for hydroxylation is 2. The second kappa shape index (κ2) is 7.68. The van der Waals surface area contributed by atoms with Crippen LogP contribution < -0.4 is 0 Å². The largest absolute Gasteiger partial charge is 0.377 e. The van der Waals surface area contributed by atoms with Gasteiger partial charge in [-0.3, -0.25) is 14.4 Å². The number of halogens is 1. The SMILES string of the molecule is Cc1nn(C)c(Cl)c1/C=C/C(=O)N1CCN(CC2CCCO2)CC1. The molecule has 6 nitrogen and oxygen atoms in total. The van der Waals surface area contributed by atoms with Gasteiger partial charge < -0.3 is 9.64 Å². The average molecular weight is 353 g/mol. The lowest BCUT2D eigenvalue weighted by molar-refractivity contribution is -0.127. The molecule has 3 rings (SSSR count). The molecule has 24 heavy (non-hydrogen) atoms. The monoisotopic (exact) mass is 352 g/mol. The van der Waals surface area contributed by atoms with E-state index in [1.165, 1.54) is 6.42 Å². The minimum atomic E-state index is 0.0334. The Morgan fingerprint density at radius 2 is 2.12 bits per heavy atom. The van der Waals surface area contributed by atoms with Gasteiger partial charge in [0.25, 0.3) is 0 Å². The Kier molecular flexibility index (Phi) is 5.58. The lowest BCUT2D eigenvalue weighted by atomic mass is 10.2. The topological polar surface area (TPSA) is 50.6 Å². The maximum absolute atomic E-state index is 12.4. The molecule has 3 heterocycles. The Morgan fingerprint density at radius 1 is 1.38 bits per heavy atom. The first kappa shape index (κ1) is 17.5. The molecule has 1 aromatic heterocycles. The number of rotatable bonds is 4. The quantitative estimate of drug-likeness (QED) is 0.774. The molecule has 2 aliphatic rings. The Balaban J connectivity index is 1.50. The van der Waals surface area contributed by atoms with Crippen LogP contribution in [0.2, 0.25) is 5.15 Å². The smallest absolute Gasteiger partial charge is 0.246 e. The van der Waals surface area contributed by atoms with Crippen LogP contribution in [-0.2, 0) is 16.6 Å². The lowest BCUT2D eigenvalue weighted by Gasteiger charge is -2.35. The molecule has 0 bridgehead atoms. The van der Waals surface area contributed by atoms with Crippen LogP contribution in [0.25, 0.3) is 6.08 Å². The molecule has 1 amide bonds. The number of aromatic nitrogens is 2. The number of ether oxygens (including phenoxy) is 1. The van der Waals surface area contributed by atoms with Crippen molar-refractivity contribution in [2.45, 2.75) is 25.9 Å². The predicted octanol–water partition coefficient (Wildman–Crippen LogP) is 1.72. The van der Waals surface area contributed by atoms with Crippen molar-refractivity contribution in [2.75, 3.05) is 39.3 Å². The summed E-state index contributed by atoms with van der Waals surface area (Å²) in [6.07, 6.45) is 6.08. The Bertz CT molecular complexity index is 614. The molecule has 1 aromatic rings. The van der Waals surface area contributed by atoms with Gasteiger partial charge in [-0.2, -0.15) is 5.10 Å². The molecule has 132 valence electrons. The van der Waals surface area contributed by atoms with E-state index < -0.39 is 0 Å². The molecule has 0 spiro atoms. The Morgan fingerprint density at radius 3 is 2.71 bits per heavy atom. The molecule has 2 fully saturated rings. The third-order valence-electron chi connectivity index (χ3n) is 4.76. The zero-order valence-electron chi connectivity index (χ0n) is 14.4. The van der Waals surface area contributed by atoms with Gasteiger partial charge in [-0.1, -0.05) is 11.6 Å². The molecule has 1 unspecified atom stereocenters. The van der Waals surface area contributed by atoms with Crippen molar-refractivity contribution in [3.8, 4) is 0 Å². The summed E-state index contributed by atoms with van der Waals surface area (Å²) in [4.78, 5) is 16.7. The van der Waals surface area contributed by atoms with E-state index in [2.05, 4.69) is 10.00 Å². The van der Waals surface area contributed by atoms with Crippen molar-refractivity contribution in [3.05, 3.63) is 22.5 Å². The number of carbonyl (C=O) groups excluding carboxylic acids is 1. The summed E-state index contributed by atoms with van der Waals surface area (Å²) >= 11 is 6.19. The van der Waals surface area contributed by atoms with E-state index in [9.17, 15) is 4.79 Å². The first-order valence-corrected chi connectivity index (χ1v) is 8.92. The van der Waals surface area contributed by atoms with E-state index in [0.717, 1.165) is 57.0 Å². The highest BCUT2D eigenvalue weighted by Gasteiger charge is 2.24. The molecule has 7 heteroatoms. The third-order valence-corrected chi connectivity index (χ3v) is 5.21. The molecule has 0 radical (unpaired) electrons. The molecule has 0 aromatic carbocycles. The highest BCUT2D eigenvalue weighted by Crippen LogP contribution is 2.20. The highest BCUT2D eigenvalue weighted by molar-refractivity contribution is 6.31. The summed E-state index contributed by atoms with van der Waals surface area (Å²) < 4.78 is 7.30. The van der Waals surface area contributed by atoms with Gasteiger partial charge >= 0.3 is 0 Å². The molecule has 0 N–H and O–H groups in total. The molecular weight excluding hydrogens is 328 g/mol. The number of piperazine rings is 1. The van der Waals surface area contributed by atoms with Crippen molar-refractivity contribution in [1.82, 2.24) is 19.6 Å². The molecular formula is C17H25ClN4O2. The molecule has 0 saturated carbocycles. The van der Waals surface area contributed by atoms with Gasteiger partial charge in [-0.25, -0.2) is 0 Å². The van der Waals surface area contributed by atoms with Gasteiger partial charge in [0.1, 0.15) is 5.15 Å². The minimum absolute atomic E-state index is 0.0334. The van der Waals surface area contributed by atoms with Crippen LogP contribution in [0.1, 0.15) is 24.1 Å². The summed E-state index contributed by atoms with van der Waals surface area (Å²) in [5.41, 5.74) is 1.64. The number of hydrogen-bond acceptors (Lipinski definition) is 4. The summed E-state index contributed by atoms with van der Waals surface area (Å²) in [6.45, 7) is 7.11. The van der Waals surface area contributed by atoms with Gasteiger partial charge in [0.15, 0.2) is 0 Å². The average Bonchev–Trinajstić information content (AvgIpc) is 3.15. The van der Waals surface area contributed by atoms with E-state index in [1.807, 2.05) is 11.8 Å². The number of nitrogens with zero attached hydrogens (tertiary/aromatic N) is 4. The van der Waals surface area contributed by atoms with Crippen molar-refractivity contribution in [1.29, 1.82) is 0 Å². The van der Waals surface area contributed by atoms with E-state index in [4.69, 9.17) is 16.3 Å². The third kappa shape index (κ3) is 3.99. The van der Waals surface area contributed by atoms with Crippen LogP contribution in [0, 0.1) is 6.92 Å². The van der Waals surface area contributed by atoms with Crippen LogP contribution in [0.5, 0.6) is 0 Å². The normalized spacial score (nSPS) is 22.6. The lowest BCUT2D eigenvalue weighted by Crippen LogP contribution is -2.50. The van der Waals surface area contributed by atoms with Gasteiger partial charge in [0.05, 0.1) is 11.8 Å². The van der Waals surface area contributed by atoms with Gasteiger partial charge in [-0.15, -0.1) is 0 Å². The highest BCUT2D eigenvalue weighted by atomic mass is 35.5. The zero-order chi connectivity index (χ0) is 17.1. The van der Waals surface area contributed by atoms with Crippen LogP contribution >= 0.6 is 11.6 Å². The predicted molar refractivity (Wildman–Crippen MR) is 94.0 cm³/mol. The first-order valence-electron chi connectivity index (χ1n) is 8.54. The van der Waals surface area contributed by atoms with Crippen molar-refractivity contribution in [2.24, 2.45) is 7.05 Å². The van der Waals surface area contributed by atoms with Crippen LogP contribution in [0.15, 0.2) is 6.08 Å². The standard InChI is InChI=1S/C17H25ClN4O2/c1-13-15(17(18)20(2)19-13)5-6-16(23)22-9-7-21(8-10-22)12-14-4-3-11-24-14/h5-6,14H,3-4,7-12H2,1-2H3/b6-5+. The van der Waals surface area contributed by atoms with Gasteiger partial charge in [-0.05, 0) is 25.8 Å². The second-order valence-electron chi connectivity index (χ2n) is 6.51. The summed E-state index contributed by atoms with van der Waals surface area (Å²) in [7, 11) is 1.79. The van der Waals surface area contributed by atoms with Crippen molar-refractivity contribution < 1.29 is 9.53 Å². The molecule has 0 aliphatic carbocycles. The summed E-state index contributed by atoms with van der Waals surface area (Å²) in [6, 6.07) is 0. The van der Waals surface area contributed by atoms with Crippen molar-refractivity contribution >= 4 is 23.6 Å². The molecule has 1 atom stereocenters. The van der Waals surface area contributed by atoms with Crippen LogP contribution in [-0.4, -0.2) is 70.9 Å². The Hall–Kier alpha value is -1.37. The van der Waals surface area contributed by atoms with E-state index in [0.29, 0.717) is 11.3 Å². The van der Waals surface area contributed by atoms with E-state index >= 15 is 0 Å². The maximum Gasteiger partial charge on any atom is 0.246 e. The van der Waals surface area contributed by atoms with Crippen LogP contribution in [0.4, 0.5) is 0 Å². The zero-order valence-corrected chi connectivity index (χ0v) is 15.1. The first-order chi connectivity index (χ1) is 11.5. The van der Waals surface area contributed by atoms with Gasteiger partial charge in [0.2, 0.25) is 5.91 Å². The fraction of sp³-hybridized carbons (Fsp3) is 0.647. The fourth-order valence-electron chi connectivity index (χ4n) is 3.32. The van der Waals surface area contributed by atoms with Crippen LogP contribution in [0.3, 0.4) is 0 Å².